The van der Waals surface area contributed by atoms with Gasteiger partial charge in [-0.2, -0.15) is 17.9 Å². The van der Waals surface area contributed by atoms with E-state index in [0.29, 0.717) is 0 Å². The number of hydrogen-bond acceptors (Lipinski definition) is 5. The average molecular weight is 273 g/mol. The summed E-state index contributed by atoms with van der Waals surface area (Å²) in [7, 11) is 0. The van der Waals surface area contributed by atoms with Crippen LogP contribution in [0.1, 0.15) is 25.3 Å². The van der Waals surface area contributed by atoms with E-state index in [2.05, 4.69) is 28.7 Å². The molecular formula is C14H15N3OS. The quantitative estimate of drug-likeness (QED) is 0.840. The highest BCUT2D eigenvalue weighted by Gasteiger charge is 2.42. The summed E-state index contributed by atoms with van der Waals surface area (Å²) in [5.41, 5.74) is 1.63. The van der Waals surface area contributed by atoms with Crippen LogP contribution in [0.25, 0.3) is 0 Å². The molecule has 1 unspecified atom stereocenters. The molecule has 1 aromatic rings. The molecule has 1 aliphatic heterocycles. The fourth-order valence-corrected chi connectivity index (χ4v) is 3.12. The van der Waals surface area contributed by atoms with Crippen LogP contribution in [0.2, 0.25) is 0 Å². The molecule has 0 saturated carbocycles. The standard InChI is InChI=1S/C14H15N3OS/c1-8-12(9(2)18)13(10-4-3-5-16-7-10)11(6-15)14(19)17-8/h3-5,7,11-14,19H,1-2H3/t11-,12?,13+,14+/m1/s1. The summed E-state index contributed by atoms with van der Waals surface area (Å²) in [4.78, 5) is 20.3. The van der Waals surface area contributed by atoms with Crippen molar-refractivity contribution in [1.29, 1.82) is 5.26 Å². The molecule has 0 N–H and O–H groups in total. The number of carbonyl (C=O) groups excluding carboxylic acids is 1. The third kappa shape index (κ3) is 2.54. The maximum absolute atomic E-state index is 11.9. The lowest BCUT2D eigenvalue weighted by atomic mass is 9.72. The predicted octanol–water partition coefficient (Wildman–Crippen LogP) is 2.24. The molecule has 5 heteroatoms. The van der Waals surface area contributed by atoms with Gasteiger partial charge in [-0.25, -0.2) is 0 Å². The molecule has 0 aliphatic carbocycles. The number of ketones is 1. The maximum Gasteiger partial charge on any atom is 0.139 e. The Morgan fingerprint density at radius 3 is 2.79 bits per heavy atom. The minimum Gasteiger partial charge on any atom is -0.299 e. The van der Waals surface area contributed by atoms with Gasteiger partial charge in [0, 0.05) is 24.0 Å². The molecule has 0 spiro atoms. The highest BCUT2D eigenvalue weighted by atomic mass is 32.1. The van der Waals surface area contributed by atoms with Crippen LogP contribution in [0.15, 0.2) is 29.5 Å². The van der Waals surface area contributed by atoms with Crippen LogP contribution < -0.4 is 0 Å². The Morgan fingerprint density at radius 2 is 2.26 bits per heavy atom. The molecule has 0 amide bonds. The van der Waals surface area contributed by atoms with Crippen LogP contribution in [-0.2, 0) is 4.79 Å². The summed E-state index contributed by atoms with van der Waals surface area (Å²) < 4.78 is 0. The Morgan fingerprint density at radius 1 is 1.53 bits per heavy atom. The number of aliphatic imine (C=N–C) groups is 1. The van der Waals surface area contributed by atoms with Gasteiger partial charge in [-0.3, -0.25) is 14.8 Å². The van der Waals surface area contributed by atoms with Crippen LogP contribution in [0, 0.1) is 23.2 Å². The lowest BCUT2D eigenvalue weighted by molar-refractivity contribution is -0.119. The zero-order chi connectivity index (χ0) is 14.0. The first-order valence-electron chi connectivity index (χ1n) is 6.08. The third-order valence-corrected chi connectivity index (χ3v) is 3.95. The van der Waals surface area contributed by atoms with Crippen LogP contribution in [0.5, 0.6) is 0 Å². The van der Waals surface area contributed by atoms with Gasteiger partial charge in [-0.1, -0.05) is 6.07 Å². The second-order valence-corrected chi connectivity index (χ2v) is 5.27. The van der Waals surface area contributed by atoms with E-state index in [1.807, 2.05) is 19.1 Å². The molecule has 2 rings (SSSR count). The van der Waals surface area contributed by atoms with Crippen molar-refractivity contribution in [2.45, 2.75) is 25.1 Å². The van der Waals surface area contributed by atoms with Gasteiger partial charge >= 0.3 is 0 Å². The van der Waals surface area contributed by atoms with E-state index in [1.165, 1.54) is 0 Å². The van der Waals surface area contributed by atoms with Crippen LogP contribution in [0.4, 0.5) is 0 Å². The number of rotatable bonds is 2. The molecule has 98 valence electrons. The Kier molecular flexibility index (Phi) is 4.01. The fraction of sp³-hybridized carbons (Fsp3) is 0.429. The Hall–Kier alpha value is -1.67. The number of Topliss-reactive ketones (excluding diaryl/α,β-unsaturated/α-hetero) is 1. The number of nitriles is 1. The highest BCUT2D eigenvalue weighted by molar-refractivity contribution is 7.81. The van der Waals surface area contributed by atoms with Gasteiger partial charge in [0.25, 0.3) is 0 Å². The molecule has 4 nitrogen and oxygen atoms in total. The van der Waals surface area contributed by atoms with Gasteiger partial charge in [-0.05, 0) is 25.5 Å². The molecule has 0 radical (unpaired) electrons. The van der Waals surface area contributed by atoms with Crippen molar-refractivity contribution in [2.75, 3.05) is 0 Å². The molecular weight excluding hydrogens is 258 g/mol. The summed E-state index contributed by atoms with van der Waals surface area (Å²) >= 11 is 4.37. The molecule has 2 heterocycles. The molecule has 1 aromatic heterocycles. The van der Waals surface area contributed by atoms with Gasteiger partial charge < -0.3 is 0 Å². The number of thiol groups is 1. The van der Waals surface area contributed by atoms with Gasteiger partial charge in [0.1, 0.15) is 11.2 Å². The maximum atomic E-state index is 11.9. The van der Waals surface area contributed by atoms with Crippen molar-refractivity contribution in [3.05, 3.63) is 30.1 Å². The Balaban J connectivity index is 2.54. The average Bonchev–Trinajstić information content (AvgIpc) is 2.38. The molecule has 4 atom stereocenters. The predicted molar refractivity (Wildman–Crippen MR) is 76.1 cm³/mol. The zero-order valence-electron chi connectivity index (χ0n) is 10.8. The Bertz CT molecular complexity index is 550. The largest absolute Gasteiger partial charge is 0.299 e. The van der Waals surface area contributed by atoms with Crippen LogP contribution in [0.3, 0.4) is 0 Å². The van der Waals surface area contributed by atoms with Crippen LogP contribution >= 0.6 is 12.6 Å². The molecule has 19 heavy (non-hydrogen) atoms. The Labute approximate surface area is 118 Å². The van der Waals surface area contributed by atoms with Gasteiger partial charge in [0.15, 0.2) is 0 Å². The molecule has 1 aliphatic rings. The summed E-state index contributed by atoms with van der Waals surface area (Å²) in [6, 6.07) is 5.96. The SMILES string of the molecule is CC(=O)C1C(C)=N[C@@H](S)[C@H](C#N)[C@@H]1c1cccnc1. The lowest BCUT2D eigenvalue weighted by Gasteiger charge is -2.35. The fourth-order valence-electron chi connectivity index (χ4n) is 2.69. The van der Waals surface area contributed by atoms with E-state index < -0.39 is 11.3 Å². The van der Waals surface area contributed by atoms with Gasteiger partial charge in [0.05, 0.1) is 17.9 Å². The highest BCUT2D eigenvalue weighted by Crippen LogP contribution is 2.40. The first-order valence-corrected chi connectivity index (χ1v) is 6.60. The summed E-state index contributed by atoms with van der Waals surface area (Å²) in [5.74, 6) is -0.992. The van der Waals surface area contributed by atoms with Crippen molar-refractivity contribution >= 4 is 24.1 Å². The third-order valence-electron chi connectivity index (χ3n) is 3.51. The lowest BCUT2D eigenvalue weighted by Crippen LogP contribution is -2.39. The number of nitrogens with zero attached hydrogens (tertiary/aromatic N) is 3. The summed E-state index contributed by atoms with van der Waals surface area (Å²) in [5, 5.41) is 8.98. The summed E-state index contributed by atoms with van der Waals surface area (Å²) in [6.07, 6.45) is 3.39. The van der Waals surface area contributed by atoms with Crippen molar-refractivity contribution in [1.82, 2.24) is 4.98 Å². The molecule has 0 fully saturated rings. The first-order chi connectivity index (χ1) is 9.06. The second kappa shape index (κ2) is 5.54. The van der Waals surface area contributed by atoms with Gasteiger partial charge in [0.2, 0.25) is 0 Å². The van der Waals surface area contributed by atoms with Crippen molar-refractivity contribution in [3.63, 3.8) is 0 Å². The molecule has 0 bridgehead atoms. The minimum absolute atomic E-state index is 0.0237. The second-order valence-electron chi connectivity index (χ2n) is 4.74. The zero-order valence-corrected chi connectivity index (χ0v) is 11.7. The van der Waals surface area contributed by atoms with E-state index in [0.717, 1.165) is 11.3 Å². The minimum atomic E-state index is -0.426. The smallest absolute Gasteiger partial charge is 0.139 e. The first kappa shape index (κ1) is 13.8. The van der Waals surface area contributed by atoms with Gasteiger partial charge in [-0.15, -0.1) is 0 Å². The van der Waals surface area contributed by atoms with E-state index >= 15 is 0 Å². The van der Waals surface area contributed by atoms with E-state index in [-0.39, 0.29) is 17.6 Å². The van der Waals surface area contributed by atoms with Crippen molar-refractivity contribution in [2.24, 2.45) is 16.8 Å². The number of hydrogen-bond donors (Lipinski definition) is 1. The molecule has 0 aromatic carbocycles. The topological polar surface area (TPSA) is 66.1 Å². The number of pyridine rings is 1. The van der Waals surface area contributed by atoms with E-state index in [9.17, 15) is 10.1 Å². The molecule has 0 saturated heterocycles. The van der Waals surface area contributed by atoms with Crippen LogP contribution in [-0.4, -0.2) is 21.9 Å². The number of aromatic nitrogens is 1. The van der Waals surface area contributed by atoms with Crippen molar-refractivity contribution < 1.29 is 4.79 Å². The monoisotopic (exact) mass is 273 g/mol. The summed E-state index contributed by atoms with van der Waals surface area (Å²) in [6.45, 7) is 3.37. The van der Waals surface area contributed by atoms with Crippen molar-refractivity contribution in [3.8, 4) is 6.07 Å². The number of carbonyl (C=O) groups is 1. The normalized spacial score (nSPS) is 30.3. The van der Waals surface area contributed by atoms with E-state index in [4.69, 9.17) is 0 Å². The van der Waals surface area contributed by atoms with E-state index in [1.54, 1.807) is 19.3 Å².